The van der Waals surface area contributed by atoms with Crippen molar-refractivity contribution in [3.8, 4) is 0 Å². The Kier molecular flexibility index (Phi) is 5.52. The maximum Gasteiger partial charge on any atom is 0.397 e. The van der Waals surface area contributed by atoms with E-state index in [1.807, 2.05) is 6.92 Å². The van der Waals surface area contributed by atoms with Gasteiger partial charge in [0.25, 0.3) is 5.91 Å². The normalized spacial score (nSPS) is 14.5. The number of carbonyl (C=O) groups excluding carboxylic acids is 2. The van der Waals surface area contributed by atoms with Gasteiger partial charge in [0.05, 0.1) is 11.4 Å². The van der Waals surface area contributed by atoms with Crippen molar-refractivity contribution >= 4 is 23.2 Å². The summed E-state index contributed by atoms with van der Waals surface area (Å²) in [5.74, 6) is -1.74. The first-order valence-electron chi connectivity index (χ1n) is 7.52. The summed E-state index contributed by atoms with van der Waals surface area (Å²) < 4.78 is 36.5. The zero-order valence-electron chi connectivity index (χ0n) is 13.4. The fraction of sp³-hybridized carbons (Fsp3) is 0.333. The summed E-state index contributed by atoms with van der Waals surface area (Å²) in [7, 11) is 0. The second-order valence-corrected chi connectivity index (χ2v) is 5.40. The molecule has 2 amide bonds. The van der Waals surface area contributed by atoms with Gasteiger partial charge in [-0.15, -0.1) is 5.53 Å². The van der Waals surface area contributed by atoms with Crippen LogP contribution in [0.5, 0.6) is 0 Å². The molecule has 1 heterocycles. The number of alkyl halides is 3. The van der Waals surface area contributed by atoms with Crippen LogP contribution >= 0.6 is 0 Å². The van der Waals surface area contributed by atoms with Crippen molar-refractivity contribution in [1.29, 1.82) is 0 Å². The number of hydrogen-bond acceptors (Lipinski definition) is 5. The Bertz CT molecular complexity index is 685. The van der Waals surface area contributed by atoms with E-state index in [9.17, 15) is 22.8 Å². The summed E-state index contributed by atoms with van der Waals surface area (Å²) in [5.41, 5.74) is 12.6. The zero-order valence-corrected chi connectivity index (χ0v) is 13.4. The first-order chi connectivity index (χ1) is 11.7. The average Bonchev–Trinajstić information content (AvgIpc) is 2.90. The number of rotatable bonds is 6. The van der Waals surface area contributed by atoms with Crippen molar-refractivity contribution in [3.05, 3.63) is 35.7 Å². The van der Waals surface area contributed by atoms with Gasteiger partial charge in [-0.05, 0) is 30.7 Å². The predicted octanol–water partition coefficient (Wildman–Crippen LogP) is 1.90. The van der Waals surface area contributed by atoms with Gasteiger partial charge in [0.1, 0.15) is 12.1 Å². The third-order valence-electron chi connectivity index (χ3n) is 3.35. The summed E-state index contributed by atoms with van der Waals surface area (Å²) in [4.78, 5) is 22.8. The van der Waals surface area contributed by atoms with E-state index in [4.69, 9.17) is 5.73 Å². The third-order valence-corrected chi connectivity index (χ3v) is 3.35. The number of amides is 2. The molecule has 0 unspecified atom stereocenters. The summed E-state index contributed by atoms with van der Waals surface area (Å²) in [6, 6.07) is 6.13. The molecular weight excluding hydrogens is 339 g/mol. The molecule has 0 spiro atoms. The Hall–Kier alpha value is -2.75. The molecule has 25 heavy (non-hydrogen) atoms. The van der Waals surface area contributed by atoms with Gasteiger partial charge in [-0.2, -0.15) is 13.2 Å². The van der Waals surface area contributed by atoms with Crippen LogP contribution in [-0.2, 0) is 9.59 Å². The van der Waals surface area contributed by atoms with Crippen molar-refractivity contribution < 1.29 is 22.8 Å². The Morgan fingerprint density at radius 2 is 1.88 bits per heavy atom. The Morgan fingerprint density at radius 1 is 1.24 bits per heavy atom. The van der Waals surface area contributed by atoms with Crippen LogP contribution in [0.15, 0.2) is 35.7 Å². The van der Waals surface area contributed by atoms with Gasteiger partial charge in [0.15, 0.2) is 0 Å². The number of nitrogens with two attached hydrogens (primary N) is 1. The van der Waals surface area contributed by atoms with Crippen LogP contribution in [0.1, 0.15) is 26.2 Å². The SMILES string of the molecule is CCCC1=C(C(N)=O)NNN1c1ccc(NC(=O)CC(F)(F)F)cc1. The van der Waals surface area contributed by atoms with Crippen molar-refractivity contribution in [1.82, 2.24) is 11.0 Å². The standard InChI is InChI=1S/C15H18F3N5O2/c1-2-3-11-13(14(19)25)21-22-23(11)10-6-4-9(5-7-10)20-12(24)8-15(16,17)18/h4-7,21-22H,2-3,8H2,1H3,(H2,19,25)(H,20,24). The first kappa shape index (κ1) is 18.6. The van der Waals surface area contributed by atoms with Gasteiger partial charge in [-0.25, -0.2) is 0 Å². The van der Waals surface area contributed by atoms with E-state index in [1.165, 1.54) is 12.1 Å². The summed E-state index contributed by atoms with van der Waals surface area (Å²) in [6.07, 6.45) is -4.74. The summed E-state index contributed by atoms with van der Waals surface area (Å²) in [5, 5.41) is 3.80. The minimum Gasteiger partial charge on any atom is -0.364 e. The molecule has 1 aromatic carbocycles. The van der Waals surface area contributed by atoms with E-state index >= 15 is 0 Å². The van der Waals surface area contributed by atoms with Crippen molar-refractivity contribution in [2.24, 2.45) is 5.73 Å². The lowest BCUT2D eigenvalue weighted by atomic mass is 10.2. The minimum absolute atomic E-state index is 0.237. The number of nitrogens with one attached hydrogen (secondary N) is 3. The second-order valence-electron chi connectivity index (χ2n) is 5.40. The molecule has 1 aliphatic rings. The van der Waals surface area contributed by atoms with Gasteiger partial charge >= 0.3 is 6.18 Å². The number of primary amides is 1. The highest BCUT2D eigenvalue weighted by Crippen LogP contribution is 2.26. The summed E-state index contributed by atoms with van der Waals surface area (Å²) >= 11 is 0. The van der Waals surface area contributed by atoms with Gasteiger partial charge in [0.2, 0.25) is 5.91 Å². The monoisotopic (exact) mass is 357 g/mol. The number of carbonyl (C=O) groups is 2. The van der Waals surface area contributed by atoms with Gasteiger partial charge in [0, 0.05) is 5.69 Å². The van der Waals surface area contributed by atoms with Crippen LogP contribution in [-0.4, -0.2) is 18.0 Å². The lowest BCUT2D eigenvalue weighted by Gasteiger charge is -2.21. The smallest absolute Gasteiger partial charge is 0.364 e. The molecule has 0 fully saturated rings. The highest BCUT2D eigenvalue weighted by Gasteiger charge is 2.31. The lowest BCUT2D eigenvalue weighted by Crippen LogP contribution is -2.39. The maximum atomic E-state index is 12.2. The minimum atomic E-state index is -4.56. The number of hydrogen-bond donors (Lipinski definition) is 4. The van der Waals surface area contributed by atoms with Crippen LogP contribution in [0.4, 0.5) is 24.5 Å². The molecule has 10 heteroatoms. The molecule has 5 N–H and O–H groups in total. The molecule has 0 bridgehead atoms. The highest BCUT2D eigenvalue weighted by molar-refractivity contribution is 5.93. The molecule has 0 aromatic heterocycles. The third kappa shape index (κ3) is 4.86. The van der Waals surface area contributed by atoms with Crippen molar-refractivity contribution in [2.75, 3.05) is 10.3 Å². The van der Waals surface area contributed by atoms with Crippen LogP contribution in [0.2, 0.25) is 0 Å². The van der Waals surface area contributed by atoms with Crippen LogP contribution in [0, 0.1) is 0 Å². The van der Waals surface area contributed by atoms with E-state index in [-0.39, 0.29) is 11.4 Å². The number of nitrogens with zero attached hydrogens (tertiary/aromatic N) is 1. The quantitative estimate of drug-likeness (QED) is 0.623. The molecule has 0 aliphatic carbocycles. The van der Waals surface area contributed by atoms with E-state index in [2.05, 4.69) is 16.3 Å². The van der Waals surface area contributed by atoms with Gasteiger partial charge in [-0.1, -0.05) is 13.3 Å². The Labute approximate surface area is 142 Å². The fourth-order valence-electron chi connectivity index (χ4n) is 2.34. The van der Waals surface area contributed by atoms with Gasteiger partial charge in [-0.3, -0.25) is 20.0 Å². The molecule has 0 saturated heterocycles. The van der Waals surface area contributed by atoms with Crippen molar-refractivity contribution in [2.45, 2.75) is 32.4 Å². The largest absolute Gasteiger partial charge is 0.397 e. The predicted molar refractivity (Wildman–Crippen MR) is 85.6 cm³/mol. The molecule has 0 saturated carbocycles. The molecule has 2 rings (SSSR count). The topological polar surface area (TPSA) is 99.5 Å². The van der Waals surface area contributed by atoms with E-state index in [0.29, 0.717) is 17.8 Å². The van der Waals surface area contributed by atoms with Crippen LogP contribution in [0.3, 0.4) is 0 Å². The second kappa shape index (κ2) is 7.43. The first-order valence-corrected chi connectivity index (χ1v) is 7.52. The highest BCUT2D eigenvalue weighted by atomic mass is 19.4. The van der Waals surface area contributed by atoms with Gasteiger partial charge < -0.3 is 11.1 Å². The average molecular weight is 357 g/mol. The Balaban J connectivity index is 2.12. The number of anilines is 2. The number of halogens is 3. The van der Waals surface area contributed by atoms with Crippen LogP contribution in [0.25, 0.3) is 0 Å². The molecule has 136 valence electrons. The molecule has 0 atom stereocenters. The van der Waals surface area contributed by atoms with Crippen LogP contribution < -0.4 is 27.0 Å². The summed E-state index contributed by atoms with van der Waals surface area (Å²) in [6.45, 7) is 1.95. The number of benzene rings is 1. The molecule has 7 nitrogen and oxygen atoms in total. The fourth-order valence-corrected chi connectivity index (χ4v) is 2.34. The van der Waals surface area contributed by atoms with E-state index < -0.39 is 24.4 Å². The molecular formula is C15H18F3N5O2. The zero-order chi connectivity index (χ0) is 18.6. The number of allylic oxidation sites excluding steroid dienone is 1. The van der Waals surface area contributed by atoms with E-state index in [0.717, 1.165) is 6.42 Å². The molecule has 1 aliphatic heterocycles. The lowest BCUT2D eigenvalue weighted by molar-refractivity contribution is -0.150. The van der Waals surface area contributed by atoms with Crippen molar-refractivity contribution in [3.63, 3.8) is 0 Å². The molecule has 1 aromatic rings. The number of hydrazine groups is 2. The maximum absolute atomic E-state index is 12.2. The Morgan fingerprint density at radius 3 is 2.40 bits per heavy atom. The molecule has 0 radical (unpaired) electrons. The van der Waals surface area contributed by atoms with E-state index in [1.54, 1.807) is 17.1 Å².